The van der Waals surface area contributed by atoms with Gasteiger partial charge in [0.05, 0.1) is 11.7 Å². The molecule has 3 rings (SSSR count). The lowest BCUT2D eigenvalue weighted by atomic mass is 9.95. The number of nitrogens with one attached hydrogen (secondary N) is 1. The molecule has 30 heavy (non-hydrogen) atoms. The molecule has 0 aliphatic rings. The van der Waals surface area contributed by atoms with Gasteiger partial charge in [0.15, 0.2) is 11.7 Å². The molecule has 0 aromatic heterocycles. The third kappa shape index (κ3) is 4.94. The van der Waals surface area contributed by atoms with Crippen LogP contribution < -0.4 is 22.5 Å². The van der Waals surface area contributed by atoms with E-state index < -0.39 is 6.04 Å². The molecule has 1 amide bonds. The van der Waals surface area contributed by atoms with Crippen LogP contribution in [-0.4, -0.2) is 30.2 Å². The molecule has 7 heteroatoms. The number of nitrogens with two attached hydrogens (primary N) is 3. The lowest BCUT2D eigenvalue weighted by Crippen LogP contribution is -2.41. The Labute approximate surface area is 175 Å². The SMILES string of the molecule is NC(N)=NCCC[C@H](NC(=O)c1ccccc1)C(=O)c1ccc2ccccc2c1N. The van der Waals surface area contributed by atoms with Crippen LogP contribution >= 0.6 is 0 Å². The summed E-state index contributed by atoms with van der Waals surface area (Å²) in [6, 6.07) is 19.2. The molecule has 3 aromatic carbocycles. The quantitative estimate of drug-likeness (QED) is 0.151. The molecule has 154 valence electrons. The summed E-state index contributed by atoms with van der Waals surface area (Å²) in [6.07, 6.45) is 0.900. The first-order chi connectivity index (χ1) is 14.5. The molecule has 0 fully saturated rings. The molecule has 0 heterocycles. The maximum Gasteiger partial charge on any atom is 0.251 e. The van der Waals surface area contributed by atoms with E-state index >= 15 is 0 Å². The Kier molecular flexibility index (Phi) is 6.64. The van der Waals surface area contributed by atoms with Gasteiger partial charge in [-0.3, -0.25) is 14.6 Å². The van der Waals surface area contributed by atoms with Gasteiger partial charge in [-0.2, -0.15) is 0 Å². The molecular formula is C23H25N5O2. The van der Waals surface area contributed by atoms with E-state index in [1.807, 2.05) is 36.4 Å². The predicted molar refractivity (Wildman–Crippen MR) is 120 cm³/mol. The molecule has 0 unspecified atom stereocenters. The average molecular weight is 403 g/mol. The fraction of sp³-hybridized carbons (Fsp3) is 0.174. The second-order valence-electron chi connectivity index (χ2n) is 6.95. The van der Waals surface area contributed by atoms with Gasteiger partial charge in [-0.15, -0.1) is 0 Å². The van der Waals surface area contributed by atoms with E-state index in [0.717, 1.165) is 10.8 Å². The third-order valence-corrected chi connectivity index (χ3v) is 4.84. The van der Waals surface area contributed by atoms with E-state index in [1.165, 1.54) is 0 Å². The van der Waals surface area contributed by atoms with Gasteiger partial charge in [-0.1, -0.05) is 48.5 Å². The molecular weight excluding hydrogens is 378 g/mol. The van der Waals surface area contributed by atoms with Crippen molar-refractivity contribution in [2.45, 2.75) is 18.9 Å². The Bertz CT molecular complexity index is 1080. The van der Waals surface area contributed by atoms with Crippen LogP contribution in [0.3, 0.4) is 0 Å². The number of hydrogen-bond donors (Lipinski definition) is 4. The van der Waals surface area contributed by atoms with Gasteiger partial charge >= 0.3 is 0 Å². The number of ketones is 1. The Morgan fingerprint density at radius 1 is 0.933 bits per heavy atom. The van der Waals surface area contributed by atoms with Gasteiger partial charge in [0.25, 0.3) is 5.91 Å². The van der Waals surface area contributed by atoms with Crippen LogP contribution in [0.4, 0.5) is 5.69 Å². The second kappa shape index (κ2) is 9.56. The molecule has 0 radical (unpaired) electrons. The number of carbonyl (C=O) groups is 2. The van der Waals surface area contributed by atoms with Gasteiger partial charge < -0.3 is 22.5 Å². The maximum absolute atomic E-state index is 13.3. The number of rotatable bonds is 8. The monoisotopic (exact) mass is 403 g/mol. The highest BCUT2D eigenvalue weighted by Gasteiger charge is 2.24. The predicted octanol–water partition coefficient (Wildman–Crippen LogP) is 2.46. The summed E-state index contributed by atoms with van der Waals surface area (Å²) < 4.78 is 0. The van der Waals surface area contributed by atoms with Crippen molar-refractivity contribution in [1.29, 1.82) is 0 Å². The minimum atomic E-state index is -0.754. The first-order valence-electron chi connectivity index (χ1n) is 9.70. The molecule has 1 atom stereocenters. The number of fused-ring (bicyclic) bond motifs is 1. The Hall–Kier alpha value is -3.87. The van der Waals surface area contributed by atoms with Crippen LogP contribution in [0.5, 0.6) is 0 Å². The number of nitrogens with zero attached hydrogens (tertiary/aromatic N) is 1. The number of aliphatic imine (C=N–C) groups is 1. The summed E-state index contributed by atoms with van der Waals surface area (Å²) in [7, 11) is 0. The number of benzene rings is 3. The summed E-state index contributed by atoms with van der Waals surface area (Å²) in [6.45, 7) is 0.362. The zero-order valence-electron chi connectivity index (χ0n) is 16.5. The Morgan fingerprint density at radius 2 is 1.63 bits per heavy atom. The maximum atomic E-state index is 13.3. The molecule has 0 saturated heterocycles. The van der Waals surface area contributed by atoms with Crippen molar-refractivity contribution in [1.82, 2.24) is 5.32 Å². The number of carbonyl (C=O) groups excluding carboxylic acids is 2. The minimum absolute atomic E-state index is 0.00929. The van der Waals surface area contributed by atoms with Crippen LogP contribution in [0, 0.1) is 0 Å². The van der Waals surface area contributed by atoms with Crippen molar-refractivity contribution in [2.75, 3.05) is 12.3 Å². The molecule has 7 N–H and O–H groups in total. The third-order valence-electron chi connectivity index (χ3n) is 4.84. The number of nitrogen functional groups attached to an aromatic ring is 1. The molecule has 7 nitrogen and oxygen atoms in total. The fourth-order valence-corrected chi connectivity index (χ4v) is 3.30. The number of hydrogen-bond acceptors (Lipinski definition) is 4. The second-order valence-corrected chi connectivity index (χ2v) is 6.95. The topological polar surface area (TPSA) is 137 Å². The minimum Gasteiger partial charge on any atom is -0.398 e. The number of anilines is 1. The summed E-state index contributed by atoms with van der Waals surface area (Å²) in [4.78, 5) is 29.9. The number of Topliss-reactive ketones (excluding diaryl/α,β-unsaturated/α-hetero) is 1. The molecule has 0 spiro atoms. The first-order valence-corrected chi connectivity index (χ1v) is 9.70. The fourth-order valence-electron chi connectivity index (χ4n) is 3.30. The Balaban J connectivity index is 1.86. The molecule has 0 aliphatic carbocycles. The van der Waals surface area contributed by atoms with Crippen LogP contribution in [0.15, 0.2) is 71.7 Å². The van der Waals surface area contributed by atoms with Crippen molar-refractivity contribution in [3.63, 3.8) is 0 Å². The smallest absolute Gasteiger partial charge is 0.251 e. The van der Waals surface area contributed by atoms with E-state index in [2.05, 4.69) is 10.3 Å². The van der Waals surface area contributed by atoms with Crippen LogP contribution in [0.25, 0.3) is 10.8 Å². The van der Waals surface area contributed by atoms with Crippen molar-refractivity contribution in [3.8, 4) is 0 Å². The van der Waals surface area contributed by atoms with E-state index in [-0.39, 0.29) is 17.6 Å². The standard InChI is InChI=1S/C23H25N5O2/c24-20-17-10-5-4-7-15(17)12-13-18(20)21(29)19(11-6-14-27-23(25)26)28-22(30)16-8-2-1-3-9-16/h1-5,7-10,12-13,19H,6,11,14,24H2,(H,28,30)(H4,25,26,27)/t19-/m0/s1. The van der Waals surface area contributed by atoms with Crippen molar-refractivity contribution in [2.24, 2.45) is 16.5 Å². The van der Waals surface area contributed by atoms with Crippen LogP contribution in [0.2, 0.25) is 0 Å². The zero-order valence-corrected chi connectivity index (χ0v) is 16.5. The van der Waals surface area contributed by atoms with E-state index in [4.69, 9.17) is 17.2 Å². The normalized spacial score (nSPS) is 11.6. The van der Waals surface area contributed by atoms with Gasteiger partial charge in [0.2, 0.25) is 0 Å². The summed E-state index contributed by atoms with van der Waals surface area (Å²) in [5.41, 5.74) is 18.3. The lowest BCUT2D eigenvalue weighted by molar-refractivity contribution is 0.0852. The van der Waals surface area contributed by atoms with E-state index in [0.29, 0.717) is 36.2 Å². The van der Waals surface area contributed by atoms with Crippen LogP contribution in [0.1, 0.15) is 33.6 Å². The van der Waals surface area contributed by atoms with E-state index in [9.17, 15) is 9.59 Å². The van der Waals surface area contributed by atoms with Gasteiger partial charge in [0, 0.05) is 23.1 Å². The molecule has 0 aliphatic heterocycles. The molecule has 0 saturated carbocycles. The zero-order chi connectivity index (χ0) is 21.5. The number of guanidine groups is 1. The van der Waals surface area contributed by atoms with Crippen molar-refractivity contribution in [3.05, 3.63) is 77.9 Å². The van der Waals surface area contributed by atoms with Gasteiger partial charge in [0.1, 0.15) is 0 Å². The van der Waals surface area contributed by atoms with Crippen molar-refractivity contribution >= 4 is 34.1 Å². The number of amides is 1. The van der Waals surface area contributed by atoms with Crippen molar-refractivity contribution < 1.29 is 9.59 Å². The highest BCUT2D eigenvalue weighted by molar-refractivity contribution is 6.12. The van der Waals surface area contributed by atoms with Crippen LogP contribution in [-0.2, 0) is 0 Å². The Morgan fingerprint density at radius 3 is 2.37 bits per heavy atom. The molecule has 0 bridgehead atoms. The van der Waals surface area contributed by atoms with Gasteiger partial charge in [-0.05, 0) is 36.4 Å². The highest BCUT2D eigenvalue weighted by Crippen LogP contribution is 2.26. The summed E-state index contributed by atoms with van der Waals surface area (Å²) >= 11 is 0. The first kappa shape index (κ1) is 20.9. The molecule has 3 aromatic rings. The highest BCUT2D eigenvalue weighted by atomic mass is 16.2. The van der Waals surface area contributed by atoms with E-state index in [1.54, 1.807) is 30.3 Å². The largest absolute Gasteiger partial charge is 0.398 e. The summed E-state index contributed by atoms with van der Waals surface area (Å²) in [5, 5.41) is 4.59. The lowest BCUT2D eigenvalue weighted by Gasteiger charge is -2.19. The van der Waals surface area contributed by atoms with Gasteiger partial charge in [-0.25, -0.2) is 0 Å². The average Bonchev–Trinajstić information content (AvgIpc) is 2.76. The summed E-state index contributed by atoms with van der Waals surface area (Å²) in [5.74, 6) is -0.577.